The highest BCUT2D eigenvalue weighted by Gasteiger charge is 2.10. The van der Waals surface area contributed by atoms with Gasteiger partial charge in [0.25, 0.3) is 0 Å². The third-order valence-electron chi connectivity index (χ3n) is 5.11. The number of nitrogens with zero attached hydrogens (tertiary/aromatic N) is 5. The molecule has 3 heterocycles. The maximum absolute atomic E-state index is 3.27. The van der Waals surface area contributed by atoms with Gasteiger partial charge in [0.2, 0.25) is 0 Å². The monoisotopic (exact) mass is 432 g/mol. The molecule has 6 heteroatoms. The van der Waals surface area contributed by atoms with Gasteiger partial charge >= 0.3 is 0 Å². The summed E-state index contributed by atoms with van der Waals surface area (Å²) in [4.78, 5) is 11.9. The van der Waals surface area contributed by atoms with Crippen molar-refractivity contribution in [1.82, 2.24) is 29.8 Å². The first-order chi connectivity index (χ1) is 14.5. The largest absolute Gasteiger partial charge is 0.314 e. The Morgan fingerprint density at radius 2 is 0.733 bits per heavy atom. The molecule has 0 aromatic rings. The Morgan fingerprint density at radius 1 is 0.467 bits per heavy atom. The predicted molar refractivity (Wildman–Crippen MR) is 139 cm³/mol. The SMILES string of the molecule is CC.CC.CC.CCN1CCN(C)CC1.CN1CCN(C)CC1.CN1CCNCC1. The van der Waals surface area contributed by atoms with Gasteiger partial charge in [0.05, 0.1) is 0 Å². The summed E-state index contributed by atoms with van der Waals surface area (Å²) in [5.41, 5.74) is 0. The number of nitrogens with one attached hydrogen (secondary N) is 1. The summed E-state index contributed by atoms with van der Waals surface area (Å²) in [6, 6.07) is 0. The molecule has 0 bridgehead atoms. The first-order valence-corrected chi connectivity index (χ1v) is 12.7. The number of hydrogen-bond donors (Lipinski definition) is 1. The average Bonchev–Trinajstić information content (AvgIpc) is 2.82. The van der Waals surface area contributed by atoms with E-state index >= 15 is 0 Å². The van der Waals surface area contributed by atoms with Crippen LogP contribution >= 0.6 is 0 Å². The molecule has 3 rings (SSSR count). The van der Waals surface area contributed by atoms with Crippen molar-refractivity contribution in [2.24, 2.45) is 0 Å². The second-order valence-electron chi connectivity index (χ2n) is 7.40. The minimum atomic E-state index is 1.16. The van der Waals surface area contributed by atoms with Crippen LogP contribution in [0.25, 0.3) is 0 Å². The maximum Gasteiger partial charge on any atom is 0.0110 e. The van der Waals surface area contributed by atoms with Crippen molar-refractivity contribution in [2.45, 2.75) is 48.5 Å². The molecular weight excluding hydrogens is 372 g/mol. The molecule has 0 unspecified atom stereocenters. The molecule has 0 aliphatic carbocycles. The van der Waals surface area contributed by atoms with E-state index in [9.17, 15) is 0 Å². The fourth-order valence-electron chi connectivity index (χ4n) is 2.85. The molecule has 6 nitrogen and oxygen atoms in total. The van der Waals surface area contributed by atoms with Crippen molar-refractivity contribution in [3.8, 4) is 0 Å². The van der Waals surface area contributed by atoms with Crippen LogP contribution in [0.2, 0.25) is 0 Å². The lowest BCUT2D eigenvalue weighted by Crippen LogP contribution is -2.44. The van der Waals surface area contributed by atoms with Crippen LogP contribution in [0.3, 0.4) is 0 Å². The molecule has 3 aliphatic rings. The topological polar surface area (TPSA) is 28.2 Å². The summed E-state index contributed by atoms with van der Waals surface area (Å²) in [6.45, 7) is 30.1. The molecule has 0 saturated carbocycles. The first-order valence-electron chi connectivity index (χ1n) is 12.7. The molecule has 0 aromatic heterocycles. The van der Waals surface area contributed by atoms with Gasteiger partial charge in [-0.25, -0.2) is 0 Å². The van der Waals surface area contributed by atoms with E-state index in [1.807, 2.05) is 41.5 Å². The molecule has 3 aliphatic heterocycles. The van der Waals surface area contributed by atoms with Gasteiger partial charge in [-0.05, 0) is 34.7 Å². The smallest absolute Gasteiger partial charge is 0.0110 e. The van der Waals surface area contributed by atoms with E-state index in [4.69, 9.17) is 0 Å². The lowest BCUT2D eigenvalue weighted by Gasteiger charge is -2.31. The zero-order valence-corrected chi connectivity index (χ0v) is 22.9. The van der Waals surface area contributed by atoms with Gasteiger partial charge in [0, 0.05) is 78.5 Å². The lowest BCUT2D eigenvalue weighted by atomic mass is 10.3. The fraction of sp³-hybridized carbons (Fsp3) is 1.00. The van der Waals surface area contributed by atoms with Crippen LogP contribution < -0.4 is 5.32 Å². The number of hydrogen-bond acceptors (Lipinski definition) is 6. The van der Waals surface area contributed by atoms with Crippen LogP contribution in [-0.2, 0) is 0 Å². The molecule has 0 radical (unpaired) electrons. The van der Waals surface area contributed by atoms with Crippen LogP contribution in [0.4, 0.5) is 0 Å². The summed E-state index contributed by atoms with van der Waals surface area (Å²) in [5.74, 6) is 0. The highest BCUT2D eigenvalue weighted by molar-refractivity contribution is 4.67. The summed E-state index contributed by atoms with van der Waals surface area (Å²) in [7, 11) is 8.69. The zero-order chi connectivity index (χ0) is 23.8. The predicted octanol–water partition coefficient (Wildman–Crippen LogP) is 2.72. The van der Waals surface area contributed by atoms with E-state index in [0.717, 1.165) is 13.1 Å². The molecule has 186 valence electrons. The van der Waals surface area contributed by atoms with Gasteiger partial charge < -0.3 is 29.8 Å². The van der Waals surface area contributed by atoms with Gasteiger partial charge in [-0.2, -0.15) is 0 Å². The summed E-state index contributed by atoms with van der Waals surface area (Å²) >= 11 is 0. The van der Waals surface area contributed by atoms with Crippen molar-refractivity contribution in [3.63, 3.8) is 0 Å². The second-order valence-corrected chi connectivity index (χ2v) is 7.40. The second kappa shape index (κ2) is 26.8. The van der Waals surface area contributed by atoms with Crippen LogP contribution in [0.15, 0.2) is 0 Å². The third-order valence-corrected chi connectivity index (χ3v) is 5.11. The minimum absolute atomic E-state index is 1.16. The molecular formula is C24H60N6. The van der Waals surface area contributed by atoms with E-state index in [1.165, 1.54) is 72.0 Å². The molecule has 3 fully saturated rings. The quantitative estimate of drug-likeness (QED) is 0.685. The molecule has 0 atom stereocenters. The lowest BCUT2D eigenvalue weighted by molar-refractivity contribution is 0.160. The van der Waals surface area contributed by atoms with E-state index in [2.05, 4.69) is 64.9 Å². The Hall–Kier alpha value is -0.240. The summed E-state index contributed by atoms with van der Waals surface area (Å²) < 4.78 is 0. The average molecular weight is 433 g/mol. The first kappa shape index (κ1) is 34.4. The number of piperazine rings is 3. The normalized spacial score (nSPS) is 20.9. The Labute approximate surface area is 191 Å². The van der Waals surface area contributed by atoms with E-state index < -0.39 is 0 Å². The van der Waals surface area contributed by atoms with Gasteiger partial charge in [-0.3, -0.25) is 0 Å². The van der Waals surface area contributed by atoms with E-state index in [-0.39, 0.29) is 0 Å². The molecule has 0 aromatic carbocycles. The van der Waals surface area contributed by atoms with Crippen LogP contribution in [-0.4, -0.2) is 138 Å². The summed E-state index contributed by atoms with van der Waals surface area (Å²) in [6.07, 6.45) is 0. The van der Waals surface area contributed by atoms with Gasteiger partial charge in [0.1, 0.15) is 0 Å². The fourth-order valence-corrected chi connectivity index (χ4v) is 2.85. The Bertz CT molecular complexity index is 271. The number of rotatable bonds is 1. The van der Waals surface area contributed by atoms with Crippen molar-refractivity contribution >= 4 is 0 Å². The van der Waals surface area contributed by atoms with E-state index in [1.54, 1.807) is 0 Å². The van der Waals surface area contributed by atoms with Crippen LogP contribution in [0.5, 0.6) is 0 Å². The van der Waals surface area contributed by atoms with Gasteiger partial charge in [0.15, 0.2) is 0 Å². The molecule has 1 N–H and O–H groups in total. The van der Waals surface area contributed by atoms with Crippen LogP contribution in [0.1, 0.15) is 48.5 Å². The Morgan fingerprint density at radius 3 is 0.967 bits per heavy atom. The third kappa shape index (κ3) is 22.4. The van der Waals surface area contributed by atoms with Gasteiger partial charge in [-0.15, -0.1) is 0 Å². The number of likely N-dealkylation sites (N-methyl/N-ethyl adjacent to an activating group) is 5. The van der Waals surface area contributed by atoms with Crippen LogP contribution in [0, 0.1) is 0 Å². The molecule has 3 saturated heterocycles. The Balaban J connectivity index is -0.000000325. The van der Waals surface area contributed by atoms with Crippen molar-refractivity contribution in [1.29, 1.82) is 0 Å². The molecule has 0 amide bonds. The minimum Gasteiger partial charge on any atom is -0.314 e. The maximum atomic E-state index is 3.27. The highest BCUT2D eigenvalue weighted by atomic mass is 15.2. The van der Waals surface area contributed by atoms with E-state index in [0.29, 0.717) is 0 Å². The summed E-state index contributed by atoms with van der Waals surface area (Å²) in [5, 5.41) is 3.27. The van der Waals surface area contributed by atoms with Crippen molar-refractivity contribution in [3.05, 3.63) is 0 Å². The Kier molecular flexibility index (Phi) is 30.7. The van der Waals surface area contributed by atoms with Crippen molar-refractivity contribution in [2.75, 3.05) is 113 Å². The highest BCUT2D eigenvalue weighted by Crippen LogP contribution is 1.96. The molecule has 30 heavy (non-hydrogen) atoms. The standard InChI is InChI=1S/C7H16N2.C6H14N2.C5H12N2.3C2H6/c1-3-9-6-4-8(2)5-7-9;1-7-3-5-8(2)6-4-7;1-7-4-2-6-3-5-7;3*1-2/h3-7H2,1-2H3;3-6H2,1-2H3;6H,2-5H2,1H3;3*1-2H3. The van der Waals surface area contributed by atoms with Gasteiger partial charge in [-0.1, -0.05) is 48.5 Å². The molecule has 0 spiro atoms. The zero-order valence-electron chi connectivity index (χ0n) is 22.9. The van der Waals surface area contributed by atoms with Crippen molar-refractivity contribution < 1.29 is 0 Å².